The van der Waals surface area contributed by atoms with Gasteiger partial charge in [0.1, 0.15) is 5.75 Å². The molecule has 0 saturated carbocycles. The normalized spacial score (nSPS) is 11.9. The smallest absolute Gasteiger partial charge is 0.119 e. The first-order valence-corrected chi connectivity index (χ1v) is 7.77. The summed E-state index contributed by atoms with van der Waals surface area (Å²) in [4.78, 5) is 4.09. The largest absolute Gasteiger partial charge is 0.494 e. The number of nitrogens with zero attached hydrogens (tertiary/aromatic N) is 1. The van der Waals surface area contributed by atoms with Crippen LogP contribution in [0.4, 0.5) is 0 Å². The van der Waals surface area contributed by atoms with E-state index in [2.05, 4.69) is 29.2 Å². The van der Waals surface area contributed by atoms with Gasteiger partial charge in [-0.1, -0.05) is 48.5 Å². The first-order valence-electron chi connectivity index (χ1n) is 7.77. The Bertz CT molecular complexity index is 712. The minimum atomic E-state index is -0.0488. The van der Waals surface area contributed by atoms with Crippen LogP contribution in [0.1, 0.15) is 18.0 Å². The molecule has 3 aromatic rings. The topological polar surface area (TPSA) is 48.1 Å². The zero-order chi connectivity index (χ0) is 15.9. The predicted molar refractivity (Wildman–Crippen MR) is 93.2 cm³/mol. The van der Waals surface area contributed by atoms with Gasteiger partial charge in [0, 0.05) is 24.9 Å². The van der Waals surface area contributed by atoms with E-state index in [-0.39, 0.29) is 6.04 Å². The van der Waals surface area contributed by atoms with Crippen molar-refractivity contribution < 1.29 is 4.74 Å². The zero-order valence-corrected chi connectivity index (χ0v) is 12.9. The van der Waals surface area contributed by atoms with Crippen molar-refractivity contribution in [3.8, 4) is 16.9 Å². The maximum absolute atomic E-state index is 6.14. The molecule has 3 rings (SSSR count). The minimum absolute atomic E-state index is 0.0488. The van der Waals surface area contributed by atoms with Gasteiger partial charge in [-0.2, -0.15) is 0 Å². The molecule has 2 aromatic carbocycles. The standard InChI is InChI=1S/C20H20N2O/c21-20(18-7-4-13-22-15-18)12-14-23-19-10-8-17(9-11-19)16-5-2-1-3-6-16/h1-11,13,15,20H,12,14,21H2. The number of pyridine rings is 1. The molecular weight excluding hydrogens is 284 g/mol. The number of aromatic nitrogens is 1. The number of benzene rings is 2. The average Bonchev–Trinajstić information content (AvgIpc) is 2.64. The van der Waals surface area contributed by atoms with Gasteiger partial charge in [-0.25, -0.2) is 0 Å². The number of ether oxygens (including phenoxy) is 1. The molecule has 0 aliphatic rings. The van der Waals surface area contributed by atoms with Gasteiger partial charge in [0.25, 0.3) is 0 Å². The van der Waals surface area contributed by atoms with Gasteiger partial charge in [-0.05, 0) is 34.9 Å². The Morgan fingerprint density at radius 2 is 1.61 bits per heavy atom. The lowest BCUT2D eigenvalue weighted by Gasteiger charge is -2.12. The first-order chi connectivity index (χ1) is 11.3. The third kappa shape index (κ3) is 4.18. The Morgan fingerprint density at radius 1 is 0.870 bits per heavy atom. The van der Waals surface area contributed by atoms with Crippen LogP contribution in [0.25, 0.3) is 11.1 Å². The summed E-state index contributed by atoms with van der Waals surface area (Å²) in [6, 6.07) is 22.3. The summed E-state index contributed by atoms with van der Waals surface area (Å²) < 4.78 is 5.79. The fraction of sp³-hybridized carbons (Fsp3) is 0.150. The van der Waals surface area contributed by atoms with E-state index in [1.807, 2.05) is 42.5 Å². The Balaban J connectivity index is 1.53. The Hall–Kier alpha value is -2.65. The number of hydrogen-bond acceptors (Lipinski definition) is 3. The van der Waals surface area contributed by atoms with Crippen LogP contribution >= 0.6 is 0 Å². The first kappa shape index (κ1) is 15.3. The molecule has 3 nitrogen and oxygen atoms in total. The van der Waals surface area contributed by atoms with Crippen LogP contribution in [0.15, 0.2) is 79.1 Å². The van der Waals surface area contributed by atoms with Gasteiger partial charge in [0.05, 0.1) is 6.61 Å². The highest BCUT2D eigenvalue weighted by atomic mass is 16.5. The van der Waals surface area contributed by atoms with Crippen molar-refractivity contribution in [2.75, 3.05) is 6.61 Å². The molecule has 0 amide bonds. The Morgan fingerprint density at radius 3 is 2.30 bits per heavy atom. The Kier molecular flexibility index (Phi) is 5.02. The third-order valence-corrected chi connectivity index (χ3v) is 3.77. The van der Waals surface area contributed by atoms with Gasteiger partial charge in [-0.3, -0.25) is 4.98 Å². The van der Waals surface area contributed by atoms with Crippen LogP contribution in [0.2, 0.25) is 0 Å². The van der Waals surface area contributed by atoms with Crippen LogP contribution < -0.4 is 10.5 Å². The molecule has 3 heteroatoms. The Labute approximate surface area is 136 Å². The van der Waals surface area contributed by atoms with Crippen molar-refractivity contribution in [3.05, 3.63) is 84.7 Å². The summed E-state index contributed by atoms with van der Waals surface area (Å²) in [5.74, 6) is 0.864. The average molecular weight is 304 g/mol. The van der Waals surface area contributed by atoms with Crippen LogP contribution in [-0.4, -0.2) is 11.6 Å². The molecule has 0 aliphatic heterocycles. The van der Waals surface area contributed by atoms with Crippen molar-refractivity contribution in [1.82, 2.24) is 4.98 Å². The minimum Gasteiger partial charge on any atom is -0.494 e. The van der Waals surface area contributed by atoms with Gasteiger partial charge < -0.3 is 10.5 Å². The number of hydrogen-bond donors (Lipinski definition) is 1. The molecule has 0 saturated heterocycles. The fourth-order valence-electron chi connectivity index (χ4n) is 2.44. The van der Waals surface area contributed by atoms with Crippen molar-refractivity contribution in [3.63, 3.8) is 0 Å². The molecule has 23 heavy (non-hydrogen) atoms. The van der Waals surface area contributed by atoms with Crippen molar-refractivity contribution in [2.24, 2.45) is 5.73 Å². The van der Waals surface area contributed by atoms with Crippen LogP contribution in [0, 0.1) is 0 Å². The van der Waals surface area contributed by atoms with E-state index in [9.17, 15) is 0 Å². The monoisotopic (exact) mass is 304 g/mol. The molecule has 116 valence electrons. The lowest BCUT2D eigenvalue weighted by atomic mass is 10.1. The van der Waals surface area contributed by atoms with E-state index in [0.29, 0.717) is 6.61 Å². The molecule has 2 N–H and O–H groups in total. The predicted octanol–water partition coefficient (Wildman–Crippen LogP) is 4.22. The quantitative estimate of drug-likeness (QED) is 0.742. The molecule has 1 aromatic heterocycles. The zero-order valence-electron chi connectivity index (χ0n) is 12.9. The fourth-order valence-corrected chi connectivity index (χ4v) is 2.44. The molecular formula is C20H20N2O. The summed E-state index contributed by atoms with van der Waals surface area (Å²) in [6.07, 6.45) is 4.31. The van der Waals surface area contributed by atoms with Gasteiger partial charge in [0.2, 0.25) is 0 Å². The van der Waals surface area contributed by atoms with Crippen LogP contribution in [0.3, 0.4) is 0 Å². The molecule has 0 fully saturated rings. The van der Waals surface area contributed by atoms with Gasteiger partial charge >= 0.3 is 0 Å². The lowest BCUT2D eigenvalue weighted by Crippen LogP contribution is -2.14. The lowest BCUT2D eigenvalue weighted by molar-refractivity contribution is 0.298. The molecule has 0 aliphatic carbocycles. The van der Waals surface area contributed by atoms with E-state index >= 15 is 0 Å². The van der Waals surface area contributed by atoms with E-state index in [1.165, 1.54) is 11.1 Å². The molecule has 0 radical (unpaired) electrons. The second kappa shape index (κ2) is 7.56. The molecule has 1 heterocycles. The highest BCUT2D eigenvalue weighted by Crippen LogP contribution is 2.22. The SMILES string of the molecule is NC(CCOc1ccc(-c2ccccc2)cc1)c1cccnc1. The van der Waals surface area contributed by atoms with E-state index in [4.69, 9.17) is 10.5 Å². The van der Waals surface area contributed by atoms with Crippen molar-refractivity contribution >= 4 is 0 Å². The summed E-state index contributed by atoms with van der Waals surface area (Å²) in [5, 5.41) is 0. The molecule has 0 bridgehead atoms. The second-order valence-electron chi connectivity index (χ2n) is 5.42. The maximum Gasteiger partial charge on any atom is 0.119 e. The highest BCUT2D eigenvalue weighted by molar-refractivity contribution is 5.63. The summed E-state index contributed by atoms with van der Waals surface area (Å²) in [6.45, 7) is 0.584. The second-order valence-corrected chi connectivity index (χ2v) is 5.42. The maximum atomic E-state index is 6.14. The van der Waals surface area contributed by atoms with E-state index < -0.39 is 0 Å². The highest BCUT2D eigenvalue weighted by Gasteiger charge is 2.06. The van der Waals surface area contributed by atoms with Crippen LogP contribution in [-0.2, 0) is 0 Å². The van der Waals surface area contributed by atoms with E-state index in [1.54, 1.807) is 12.4 Å². The molecule has 0 spiro atoms. The molecule has 1 atom stereocenters. The number of rotatable bonds is 6. The van der Waals surface area contributed by atoms with Gasteiger partial charge in [0.15, 0.2) is 0 Å². The molecule has 1 unspecified atom stereocenters. The summed E-state index contributed by atoms with van der Waals surface area (Å²) in [5.41, 5.74) is 9.57. The van der Waals surface area contributed by atoms with Crippen LogP contribution in [0.5, 0.6) is 5.75 Å². The van der Waals surface area contributed by atoms with Gasteiger partial charge in [-0.15, -0.1) is 0 Å². The van der Waals surface area contributed by atoms with Crippen molar-refractivity contribution in [2.45, 2.75) is 12.5 Å². The summed E-state index contributed by atoms with van der Waals surface area (Å²) in [7, 11) is 0. The third-order valence-electron chi connectivity index (χ3n) is 3.77. The van der Waals surface area contributed by atoms with E-state index in [0.717, 1.165) is 17.7 Å². The number of nitrogens with two attached hydrogens (primary N) is 1. The summed E-state index contributed by atoms with van der Waals surface area (Å²) >= 11 is 0. The van der Waals surface area contributed by atoms with Crippen molar-refractivity contribution in [1.29, 1.82) is 0 Å².